The molecule has 0 aliphatic rings. The Labute approximate surface area is 109 Å². The van der Waals surface area contributed by atoms with Gasteiger partial charge in [0.2, 0.25) is 0 Å². The fraction of sp³-hybridized carbons (Fsp3) is 0.375. The van der Waals surface area contributed by atoms with Gasteiger partial charge in [-0.1, -0.05) is 32.0 Å². The van der Waals surface area contributed by atoms with Gasteiger partial charge in [0.25, 0.3) is 0 Å². The Hall–Kier alpha value is -1.54. The van der Waals surface area contributed by atoms with Gasteiger partial charge in [0.05, 0.1) is 0 Å². The maximum atomic E-state index is 3.60. The molecule has 0 radical (unpaired) electrons. The molecule has 0 aliphatic carbocycles. The zero-order valence-electron chi connectivity index (χ0n) is 11.2. The summed E-state index contributed by atoms with van der Waals surface area (Å²) in [4.78, 5) is 3.26. The van der Waals surface area contributed by atoms with Gasteiger partial charge in [-0.3, -0.25) is 0 Å². The lowest BCUT2D eigenvalue weighted by Gasteiger charge is -2.17. The number of hydrogen-bond donors (Lipinski definition) is 2. The van der Waals surface area contributed by atoms with E-state index in [4.69, 9.17) is 0 Å². The summed E-state index contributed by atoms with van der Waals surface area (Å²) in [6.45, 7) is 5.51. The Morgan fingerprint density at radius 1 is 1.17 bits per heavy atom. The number of rotatable bonds is 6. The molecule has 0 fully saturated rings. The number of benzene rings is 1. The van der Waals surface area contributed by atoms with E-state index in [1.54, 1.807) is 0 Å². The zero-order chi connectivity index (χ0) is 12.8. The molecule has 1 aromatic carbocycles. The molecule has 0 amide bonds. The van der Waals surface area contributed by atoms with E-state index in [9.17, 15) is 0 Å². The highest BCUT2D eigenvalue weighted by Gasteiger charge is 2.09. The summed E-state index contributed by atoms with van der Waals surface area (Å²) >= 11 is 0. The topological polar surface area (TPSA) is 27.8 Å². The van der Waals surface area contributed by atoms with Crippen LogP contribution >= 0.6 is 0 Å². The van der Waals surface area contributed by atoms with E-state index >= 15 is 0 Å². The van der Waals surface area contributed by atoms with Crippen LogP contribution in [0.3, 0.4) is 0 Å². The van der Waals surface area contributed by atoms with Gasteiger partial charge in [0, 0.05) is 17.9 Å². The van der Waals surface area contributed by atoms with Crippen molar-refractivity contribution in [3.05, 3.63) is 48.2 Å². The summed E-state index contributed by atoms with van der Waals surface area (Å²) in [7, 11) is 0. The minimum absolute atomic E-state index is 0.458. The Balaban J connectivity index is 2.20. The molecule has 2 aromatic rings. The van der Waals surface area contributed by atoms with E-state index in [0.29, 0.717) is 6.04 Å². The molecule has 1 aromatic heterocycles. The first-order chi connectivity index (χ1) is 8.85. The number of aromatic amines is 1. The van der Waals surface area contributed by atoms with Gasteiger partial charge in [0.15, 0.2) is 0 Å². The minimum Gasteiger partial charge on any atom is -0.361 e. The van der Waals surface area contributed by atoms with E-state index in [1.165, 1.54) is 23.2 Å². The van der Waals surface area contributed by atoms with Crippen molar-refractivity contribution in [2.24, 2.45) is 0 Å². The predicted molar refractivity (Wildman–Crippen MR) is 77.6 cm³/mol. The quantitative estimate of drug-likeness (QED) is 0.783. The maximum Gasteiger partial charge on any atom is 0.0453 e. The van der Waals surface area contributed by atoms with Crippen molar-refractivity contribution in [2.75, 3.05) is 6.54 Å². The first kappa shape index (κ1) is 12.9. The highest BCUT2D eigenvalue weighted by atomic mass is 14.9. The smallest absolute Gasteiger partial charge is 0.0453 e. The summed E-state index contributed by atoms with van der Waals surface area (Å²) in [5.74, 6) is 0. The molecule has 96 valence electrons. The van der Waals surface area contributed by atoms with Gasteiger partial charge in [-0.05, 0) is 48.7 Å². The van der Waals surface area contributed by atoms with Crippen LogP contribution in [0.15, 0.2) is 42.6 Å². The third kappa shape index (κ3) is 3.02. The third-order valence-electron chi connectivity index (χ3n) is 3.25. The van der Waals surface area contributed by atoms with Gasteiger partial charge in [-0.2, -0.15) is 0 Å². The van der Waals surface area contributed by atoms with Crippen molar-refractivity contribution in [1.82, 2.24) is 10.3 Å². The van der Waals surface area contributed by atoms with Gasteiger partial charge in [-0.25, -0.2) is 0 Å². The average molecular weight is 242 g/mol. The standard InChI is InChI=1S/C16H22N2/c1-3-10-17-15(4-2)13-7-5-8-14(12-13)16-9-6-11-18-16/h5-9,11-12,15,17-18H,3-4,10H2,1-2H3. The lowest BCUT2D eigenvalue weighted by atomic mass is 10.0. The number of nitrogens with one attached hydrogen (secondary N) is 2. The van der Waals surface area contributed by atoms with Crippen LogP contribution in [0, 0.1) is 0 Å². The van der Waals surface area contributed by atoms with Crippen molar-refractivity contribution in [3.8, 4) is 11.3 Å². The SMILES string of the molecule is CCCNC(CC)c1cccc(-c2ccc[nH]2)c1. The van der Waals surface area contributed by atoms with Crippen LogP contribution in [0.4, 0.5) is 0 Å². The lowest BCUT2D eigenvalue weighted by molar-refractivity contribution is 0.518. The maximum absolute atomic E-state index is 3.60. The molecule has 2 nitrogen and oxygen atoms in total. The molecular formula is C16H22N2. The van der Waals surface area contributed by atoms with Crippen LogP contribution in [0.1, 0.15) is 38.3 Å². The van der Waals surface area contributed by atoms with E-state index in [2.05, 4.69) is 54.5 Å². The van der Waals surface area contributed by atoms with Gasteiger partial charge in [-0.15, -0.1) is 0 Å². The molecule has 2 N–H and O–H groups in total. The molecular weight excluding hydrogens is 220 g/mol. The predicted octanol–water partition coefficient (Wildman–Crippen LogP) is 4.13. The van der Waals surface area contributed by atoms with Crippen molar-refractivity contribution < 1.29 is 0 Å². The van der Waals surface area contributed by atoms with Crippen molar-refractivity contribution in [2.45, 2.75) is 32.7 Å². The molecule has 1 atom stereocenters. The summed E-state index contributed by atoms with van der Waals surface area (Å²) in [5, 5.41) is 3.60. The molecule has 18 heavy (non-hydrogen) atoms. The molecule has 0 saturated heterocycles. The highest BCUT2D eigenvalue weighted by Crippen LogP contribution is 2.23. The van der Waals surface area contributed by atoms with Crippen molar-refractivity contribution in [1.29, 1.82) is 0 Å². The molecule has 1 heterocycles. The average Bonchev–Trinajstić information content (AvgIpc) is 2.94. The second kappa shape index (κ2) is 6.41. The zero-order valence-corrected chi connectivity index (χ0v) is 11.2. The lowest BCUT2D eigenvalue weighted by Crippen LogP contribution is -2.21. The van der Waals surface area contributed by atoms with Gasteiger partial charge >= 0.3 is 0 Å². The molecule has 2 rings (SSSR count). The summed E-state index contributed by atoms with van der Waals surface area (Å²) in [6.07, 6.45) is 4.26. The molecule has 0 saturated carbocycles. The summed E-state index contributed by atoms with van der Waals surface area (Å²) in [6, 6.07) is 13.4. The molecule has 0 bridgehead atoms. The van der Waals surface area contributed by atoms with Gasteiger partial charge < -0.3 is 10.3 Å². The minimum atomic E-state index is 0.458. The van der Waals surface area contributed by atoms with E-state index < -0.39 is 0 Å². The van der Waals surface area contributed by atoms with E-state index in [1.807, 2.05) is 12.3 Å². The molecule has 0 spiro atoms. The fourth-order valence-corrected chi connectivity index (χ4v) is 2.25. The molecule has 2 heteroatoms. The second-order valence-electron chi connectivity index (χ2n) is 4.62. The van der Waals surface area contributed by atoms with Crippen LogP contribution in [0.5, 0.6) is 0 Å². The number of H-pyrrole nitrogens is 1. The fourth-order valence-electron chi connectivity index (χ4n) is 2.25. The van der Waals surface area contributed by atoms with Crippen molar-refractivity contribution in [3.63, 3.8) is 0 Å². The van der Waals surface area contributed by atoms with E-state index in [-0.39, 0.29) is 0 Å². The third-order valence-corrected chi connectivity index (χ3v) is 3.25. The molecule has 1 unspecified atom stereocenters. The second-order valence-corrected chi connectivity index (χ2v) is 4.62. The van der Waals surface area contributed by atoms with Crippen molar-refractivity contribution >= 4 is 0 Å². The summed E-state index contributed by atoms with van der Waals surface area (Å²) < 4.78 is 0. The van der Waals surface area contributed by atoms with E-state index in [0.717, 1.165) is 13.0 Å². The Morgan fingerprint density at radius 3 is 2.72 bits per heavy atom. The Bertz CT molecular complexity index is 460. The first-order valence-electron chi connectivity index (χ1n) is 6.82. The first-order valence-corrected chi connectivity index (χ1v) is 6.82. The van der Waals surface area contributed by atoms with Crippen LogP contribution in [0.25, 0.3) is 11.3 Å². The van der Waals surface area contributed by atoms with Crippen LogP contribution in [0.2, 0.25) is 0 Å². The number of aromatic nitrogens is 1. The monoisotopic (exact) mass is 242 g/mol. The molecule has 0 aliphatic heterocycles. The Kier molecular flexibility index (Phi) is 4.59. The number of hydrogen-bond acceptors (Lipinski definition) is 1. The summed E-state index contributed by atoms with van der Waals surface area (Å²) in [5.41, 5.74) is 3.81. The van der Waals surface area contributed by atoms with Crippen LogP contribution in [-0.2, 0) is 0 Å². The largest absolute Gasteiger partial charge is 0.361 e. The van der Waals surface area contributed by atoms with Crippen LogP contribution in [-0.4, -0.2) is 11.5 Å². The highest BCUT2D eigenvalue weighted by molar-refractivity contribution is 5.60. The Morgan fingerprint density at radius 2 is 2.06 bits per heavy atom. The van der Waals surface area contributed by atoms with Crippen LogP contribution < -0.4 is 5.32 Å². The van der Waals surface area contributed by atoms with Gasteiger partial charge in [0.1, 0.15) is 0 Å². The normalized spacial score (nSPS) is 12.6.